The van der Waals surface area contributed by atoms with Crippen molar-refractivity contribution < 1.29 is 9.90 Å². The zero-order chi connectivity index (χ0) is 12.8. The third-order valence-electron chi connectivity index (χ3n) is 3.51. The van der Waals surface area contributed by atoms with Crippen LogP contribution in [-0.2, 0) is 11.2 Å². The lowest BCUT2D eigenvalue weighted by Gasteiger charge is -2.23. The summed E-state index contributed by atoms with van der Waals surface area (Å²) in [5.74, 6) is -0.727. The third-order valence-corrected chi connectivity index (χ3v) is 3.51. The molecule has 3 nitrogen and oxygen atoms in total. The van der Waals surface area contributed by atoms with Crippen LogP contribution in [0, 0.1) is 0 Å². The Morgan fingerprint density at radius 2 is 1.89 bits per heavy atom. The zero-order valence-electron chi connectivity index (χ0n) is 10.8. The predicted molar refractivity (Wildman–Crippen MR) is 73.1 cm³/mol. The van der Waals surface area contributed by atoms with Crippen LogP contribution in [0.3, 0.4) is 0 Å². The first-order valence-electron chi connectivity index (χ1n) is 6.81. The van der Waals surface area contributed by atoms with Gasteiger partial charge in [-0.3, -0.25) is 4.79 Å². The molecule has 0 atom stereocenters. The monoisotopic (exact) mass is 247 g/mol. The molecule has 0 aliphatic carbocycles. The molecule has 98 valence electrons. The van der Waals surface area contributed by atoms with E-state index in [1.807, 2.05) is 12.1 Å². The molecular weight excluding hydrogens is 226 g/mol. The predicted octanol–water partition coefficient (Wildman–Crippen LogP) is 3.08. The van der Waals surface area contributed by atoms with Crippen molar-refractivity contribution in [1.29, 1.82) is 0 Å². The molecule has 1 saturated heterocycles. The fourth-order valence-electron chi connectivity index (χ4n) is 2.49. The highest BCUT2D eigenvalue weighted by molar-refractivity contribution is 5.67. The Morgan fingerprint density at radius 1 is 1.17 bits per heavy atom. The number of hydrogen-bond acceptors (Lipinski definition) is 2. The number of hydrogen-bond donors (Lipinski definition) is 1. The highest BCUT2D eigenvalue weighted by Crippen LogP contribution is 2.21. The molecule has 0 unspecified atom stereocenters. The Kier molecular flexibility index (Phi) is 4.62. The van der Waals surface area contributed by atoms with E-state index in [-0.39, 0.29) is 6.42 Å². The van der Waals surface area contributed by atoms with Gasteiger partial charge in [0.15, 0.2) is 0 Å². The van der Waals surface area contributed by atoms with Gasteiger partial charge in [-0.1, -0.05) is 25.0 Å². The summed E-state index contributed by atoms with van der Waals surface area (Å²) in [4.78, 5) is 13.0. The number of carboxylic acid groups (broad SMARTS) is 1. The fraction of sp³-hybridized carbons (Fsp3) is 0.533. The number of carbonyl (C=O) groups is 1. The highest BCUT2D eigenvalue weighted by atomic mass is 16.4. The van der Waals surface area contributed by atoms with Gasteiger partial charge in [-0.05, 0) is 37.0 Å². The van der Waals surface area contributed by atoms with Crippen LogP contribution < -0.4 is 4.90 Å². The van der Waals surface area contributed by atoms with Crippen molar-refractivity contribution in [1.82, 2.24) is 0 Å². The molecule has 18 heavy (non-hydrogen) atoms. The summed E-state index contributed by atoms with van der Waals surface area (Å²) in [6.07, 6.45) is 6.02. The average molecular weight is 247 g/mol. The van der Waals surface area contributed by atoms with Gasteiger partial charge < -0.3 is 10.0 Å². The van der Waals surface area contributed by atoms with Crippen LogP contribution in [-0.4, -0.2) is 24.2 Å². The molecule has 0 aromatic heterocycles. The largest absolute Gasteiger partial charge is 0.481 e. The zero-order valence-corrected chi connectivity index (χ0v) is 10.8. The second kappa shape index (κ2) is 6.43. The lowest BCUT2D eigenvalue weighted by atomic mass is 10.1. The molecule has 1 aromatic carbocycles. The summed E-state index contributed by atoms with van der Waals surface area (Å²) in [6, 6.07) is 8.34. The number of aliphatic carboxylic acids is 1. The van der Waals surface area contributed by atoms with Gasteiger partial charge in [0.1, 0.15) is 0 Å². The van der Waals surface area contributed by atoms with E-state index >= 15 is 0 Å². The van der Waals surface area contributed by atoms with Crippen LogP contribution in [0.25, 0.3) is 0 Å². The number of anilines is 1. The quantitative estimate of drug-likeness (QED) is 0.888. The Bertz CT molecular complexity index is 395. The van der Waals surface area contributed by atoms with E-state index < -0.39 is 5.97 Å². The van der Waals surface area contributed by atoms with Crippen molar-refractivity contribution >= 4 is 11.7 Å². The van der Waals surface area contributed by atoms with Crippen LogP contribution in [0.2, 0.25) is 0 Å². The maximum atomic E-state index is 10.6. The normalized spacial score (nSPS) is 16.3. The number of benzene rings is 1. The minimum absolute atomic E-state index is 0.212. The lowest BCUT2D eigenvalue weighted by Crippen LogP contribution is -2.23. The van der Waals surface area contributed by atoms with Crippen LogP contribution in [0.15, 0.2) is 24.3 Å². The molecule has 1 aliphatic heterocycles. The summed E-state index contributed by atoms with van der Waals surface area (Å²) in [5, 5.41) is 8.72. The van der Waals surface area contributed by atoms with Gasteiger partial charge >= 0.3 is 5.97 Å². The maximum absolute atomic E-state index is 10.6. The van der Waals surface area contributed by atoms with Gasteiger partial charge in [0.05, 0.1) is 0 Å². The van der Waals surface area contributed by atoms with Gasteiger partial charge in [-0.25, -0.2) is 0 Å². The lowest BCUT2D eigenvalue weighted by molar-refractivity contribution is -0.136. The molecule has 0 spiro atoms. The van der Waals surface area contributed by atoms with E-state index in [9.17, 15) is 4.79 Å². The second-order valence-electron chi connectivity index (χ2n) is 4.96. The van der Waals surface area contributed by atoms with Crippen molar-refractivity contribution in [2.75, 3.05) is 18.0 Å². The first-order chi connectivity index (χ1) is 8.75. The topological polar surface area (TPSA) is 40.5 Å². The molecule has 1 aliphatic rings. The number of nitrogens with zero attached hydrogens (tertiary/aromatic N) is 1. The van der Waals surface area contributed by atoms with Crippen LogP contribution >= 0.6 is 0 Å². The summed E-state index contributed by atoms with van der Waals surface area (Å²) >= 11 is 0. The number of rotatable bonds is 4. The molecular formula is C15H21NO2. The molecule has 1 heterocycles. The van der Waals surface area contributed by atoms with Crippen LogP contribution in [0.5, 0.6) is 0 Å². The number of carboxylic acids is 1. The van der Waals surface area contributed by atoms with E-state index in [1.54, 1.807) is 0 Å². The van der Waals surface area contributed by atoms with E-state index in [0.29, 0.717) is 6.42 Å². The summed E-state index contributed by atoms with van der Waals surface area (Å²) in [5.41, 5.74) is 2.37. The SMILES string of the molecule is O=C(O)CCc1cccc(N2CCCCCC2)c1. The van der Waals surface area contributed by atoms with E-state index in [1.165, 1.54) is 31.4 Å². The molecule has 0 bridgehead atoms. The Morgan fingerprint density at radius 3 is 2.56 bits per heavy atom. The molecule has 0 saturated carbocycles. The minimum Gasteiger partial charge on any atom is -0.481 e. The molecule has 2 rings (SSSR count). The molecule has 0 radical (unpaired) electrons. The molecule has 1 aromatic rings. The van der Waals surface area contributed by atoms with Crippen molar-refractivity contribution in [2.45, 2.75) is 38.5 Å². The van der Waals surface area contributed by atoms with Crippen molar-refractivity contribution in [3.63, 3.8) is 0 Å². The minimum atomic E-state index is -0.727. The van der Waals surface area contributed by atoms with Crippen LogP contribution in [0.4, 0.5) is 5.69 Å². The number of aryl methyl sites for hydroxylation is 1. The second-order valence-corrected chi connectivity index (χ2v) is 4.96. The van der Waals surface area contributed by atoms with Gasteiger partial charge in [0.2, 0.25) is 0 Å². The first-order valence-corrected chi connectivity index (χ1v) is 6.81. The molecule has 3 heteroatoms. The first kappa shape index (κ1) is 12.9. The average Bonchev–Trinajstić information content (AvgIpc) is 2.65. The third kappa shape index (κ3) is 3.76. The highest BCUT2D eigenvalue weighted by Gasteiger charge is 2.10. The van der Waals surface area contributed by atoms with Crippen molar-refractivity contribution in [3.05, 3.63) is 29.8 Å². The van der Waals surface area contributed by atoms with Gasteiger partial charge in [0, 0.05) is 25.2 Å². The summed E-state index contributed by atoms with van der Waals surface area (Å²) in [6.45, 7) is 2.25. The maximum Gasteiger partial charge on any atom is 0.303 e. The van der Waals surface area contributed by atoms with Gasteiger partial charge in [-0.15, -0.1) is 0 Å². The van der Waals surface area contributed by atoms with E-state index in [4.69, 9.17) is 5.11 Å². The van der Waals surface area contributed by atoms with Gasteiger partial charge in [0.25, 0.3) is 0 Å². The van der Waals surface area contributed by atoms with E-state index in [0.717, 1.165) is 18.7 Å². The standard InChI is InChI=1S/C15H21NO2/c17-15(18)9-8-13-6-5-7-14(12-13)16-10-3-1-2-4-11-16/h5-7,12H,1-4,8-11H2,(H,17,18). The summed E-state index contributed by atoms with van der Waals surface area (Å²) < 4.78 is 0. The fourth-order valence-corrected chi connectivity index (χ4v) is 2.49. The molecule has 0 amide bonds. The Hall–Kier alpha value is -1.51. The molecule has 1 fully saturated rings. The Labute approximate surface area is 108 Å². The van der Waals surface area contributed by atoms with Crippen molar-refractivity contribution in [2.24, 2.45) is 0 Å². The van der Waals surface area contributed by atoms with Gasteiger partial charge in [-0.2, -0.15) is 0 Å². The van der Waals surface area contributed by atoms with E-state index in [2.05, 4.69) is 17.0 Å². The van der Waals surface area contributed by atoms with Crippen molar-refractivity contribution in [3.8, 4) is 0 Å². The molecule has 1 N–H and O–H groups in total. The smallest absolute Gasteiger partial charge is 0.303 e. The van der Waals surface area contributed by atoms with Crippen LogP contribution in [0.1, 0.15) is 37.7 Å². The summed E-state index contributed by atoms with van der Waals surface area (Å²) in [7, 11) is 0. The Balaban J connectivity index is 2.03.